The van der Waals surface area contributed by atoms with Gasteiger partial charge in [0.05, 0.1) is 12.6 Å². The Morgan fingerprint density at radius 2 is 2.16 bits per heavy atom. The lowest BCUT2D eigenvalue weighted by Gasteiger charge is -2.16. The highest BCUT2D eigenvalue weighted by molar-refractivity contribution is 7.14. The van der Waals surface area contributed by atoms with Crippen molar-refractivity contribution in [2.45, 2.75) is 32.9 Å². The molecular weight excluding hydrogens is 342 g/mol. The minimum atomic E-state index is -0.500. The van der Waals surface area contributed by atoms with Gasteiger partial charge in [-0.15, -0.1) is 16.4 Å². The Kier molecular flexibility index (Phi) is 4.22. The van der Waals surface area contributed by atoms with Crippen molar-refractivity contribution in [1.82, 2.24) is 14.8 Å². The zero-order valence-electron chi connectivity index (χ0n) is 14.1. The highest BCUT2D eigenvalue weighted by Crippen LogP contribution is 2.45. The molecule has 0 fully saturated rings. The summed E-state index contributed by atoms with van der Waals surface area (Å²) in [6.07, 6.45) is 0.135. The van der Waals surface area contributed by atoms with Gasteiger partial charge in [-0.25, -0.2) is 9.67 Å². The van der Waals surface area contributed by atoms with Crippen LogP contribution in [0.15, 0.2) is 21.9 Å². The molecular formula is C17H19N3O4S. The van der Waals surface area contributed by atoms with E-state index in [2.05, 4.69) is 10.1 Å². The van der Waals surface area contributed by atoms with Crippen LogP contribution in [0.5, 0.6) is 11.5 Å². The Bertz CT molecular complexity index is 882. The first-order chi connectivity index (χ1) is 12.2. The average Bonchev–Trinajstić information content (AvgIpc) is 3.32. The summed E-state index contributed by atoms with van der Waals surface area (Å²) in [5.74, 6) is 3.96. The molecule has 1 aliphatic rings. The quantitative estimate of drug-likeness (QED) is 0.752. The van der Waals surface area contributed by atoms with Gasteiger partial charge in [0, 0.05) is 5.38 Å². The van der Waals surface area contributed by atoms with E-state index in [1.807, 2.05) is 31.4 Å². The molecule has 0 spiro atoms. The van der Waals surface area contributed by atoms with Crippen LogP contribution < -0.4 is 9.47 Å². The fraction of sp³-hybridized carbons (Fsp3) is 0.412. The molecule has 25 heavy (non-hydrogen) atoms. The Hall–Kier alpha value is -2.32. The molecule has 1 N–H and O–H groups in total. The molecule has 8 heteroatoms. The van der Waals surface area contributed by atoms with E-state index >= 15 is 0 Å². The smallest absolute Gasteiger partial charge is 0.217 e. The van der Waals surface area contributed by atoms with Gasteiger partial charge in [-0.2, -0.15) is 0 Å². The van der Waals surface area contributed by atoms with Gasteiger partial charge in [-0.05, 0) is 25.5 Å². The third-order valence-electron chi connectivity index (χ3n) is 3.99. The summed E-state index contributed by atoms with van der Waals surface area (Å²) in [5, 5.41) is 16.6. The van der Waals surface area contributed by atoms with E-state index in [0.717, 1.165) is 16.4 Å². The molecule has 4 rings (SSSR count). The van der Waals surface area contributed by atoms with Crippen LogP contribution in [0.25, 0.3) is 22.3 Å². The number of aliphatic hydroxyl groups excluding tert-OH is 1. The van der Waals surface area contributed by atoms with Crippen molar-refractivity contribution in [1.29, 1.82) is 0 Å². The first-order valence-corrected chi connectivity index (χ1v) is 9.11. The van der Waals surface area contributed by atoms with Crippen molar-refractivity contribution in [3.63, 3.8) is 0 Å². The second-order valence-electron chi connectivity index (χ2n) is 5.87. The summed E-state index contributed by atoms with van der Waals surface area (Å²) in [6.45, 7) is 5.21. The van der Waals surface area contributed by atoms with Crippen LogP contribution in [-0.2, 0) is 6.54 Å². The first-order valence-electron chi connectivity index (χ1n) is 8.23. The van der Waals surface area contributed by atoms with E-state index in [9.17, 15) is 5.11 Å². The highest BCUT2D eigenvalue weighted by Gasteiger charge is 2.26. The van der Waals surface area contributed by atoms with Crippen LogP contribution in [0, 0.1) is 6.92 Å². The van der Waals surface area contributed by atoms with Gasteiger partial charge in [0.1, 0.15) is 23.9 Å². The molecule has 0 aliphatic carbocycles. The lowest BCUT2D eigenvalue weighted by Crippen LogP contribution is -2.17. The van der Waals surface area contributed by atoms with E-state index in [4.69, 9.17) is 13.9 Å². The lowest BCUT2D eigenvalue weighted by atomic mass is 10.3. The van der Waals surface area contributed by atoms with E-state index < -0.39 is 6.10 Å². The third kappa shape index (κ3) is 3.03. The van der Waals surface area contributed by atoms with Gasteiger partial charge >= 0.3 is 0 Å². The summed E-state index contributed by atoms with van der Waals surface area (Å²) in [7, 11) is 0. The second kappa shape index (κ2) is 6.53. The molecule has 7 nitrogen and oxygen atoms in total. The summed E-state index contributed by atoms with van der Waals surface area (Å²) >= 11 is 1.50. The van der Waals surface area contributed by atoms with Crippen molar-refractivity contribution >= 4 is 11.3 Å². The van der Waals surface area contributed by atoms with E-state index in [0.29, 0.717) is 49.3 Å². The third-order valence-corrected chi connectivity index (χ3v) is 4.93. The average molecular weight is 361 g/mol. The molecule has 4 heterocycles. The minimum absolute atomic E-state index is 0.353. The first kappa shape index (κ1) is 16.2. The molecule has 3 aromatic heterocycles. The number of fused-ring (bicyclic) bond motifs is 1. The number of furan rings is 1. The van der Waals surface area contributed by atoms with Crippen LogP contribution in [0.3, 0.4) is 0 Å². The number of aryl methyl sites for hydroxylation is 1. The topological polar surface area (TPSA) is 82.5 Å². The summed E-state index contributed by atoms with van der Waals surface area (Å²) in [4.78, 5) is 5.50. The number of hydrogen-bond acceptors (Lipinski definition) is 7. The van der Waals surface area contributed by atoms with Crippen LogP contribution in [0.2, 0.25) is 0 Å². The molecule has 0 saturated heterocycles. The predicted molar refractivity (Wildman–Crippen MR) is 93.1 cm³/mol. The fourth-order valence-electron chi connectivity index (χ4n) is 2.64. The van der Waals surface area contributed by atoms with Gasteiger partial charge < -0.3 is 19.0 Å². The molecule has 132 valence electrons. The van der Waals surface area contributed by atoms with Crippen LogP contribution in [-0.4, -0.2) is 39.2 Å². The van der Waals surface area contributed by atoms with Gasteiger partial charge in [0.15, 0.2) is 23.1 Å². The summed E-state index contributed by atoms with van der Waals surface area (Å²) < 4.78 is 18.8. The molecule has 3 aromatic rings. The van der Waals surface area contributed by atoms with Gasteiger partial charge in [0.25, 0.3) is 0 Å². The molecule has 0 radical (unpaired) electrons. The highest BCUT2D eigenvalue weighted by atomic mass is 32.1. The maximum Gasteiger partial charge on any atom is 0.217 e. The Balaban J connectivity index is 1.79. The number of rotatable bonds is 5. The van der Waals surface area contributed by atoms with Gasteiger partial charge in [0.2, 0.25) is 5.82 Å². The maximum atomic E-state index is 10.1. The Morgan fingerprint density at radius 3 is 2.92 bits per heavy atom. The summed E-state index contributed by atoms with van der Waals surface area (Å²) in [5.41, 5.74) is 0. The lowest BCUT2D eigenvalue weighted by molar-refractivity contribution is 0.145. The Labute approximate surface area is 148 Å². The number of ether oxygens (including phenoxy) is 2. The number of nitrogens with zero attached hydrogens (tertiary/aromatic N) is 3. The molecule has 1 atom stereocenters. The number of hydrogen-bond donors (Lipinski definition) is 1. The molecule has 0 bridgehead atoms. The predicted octanol–water partition coefficient (Wildman–Crippen LogP) is 3.12. The maximum absolute atomic E-state index is 10.1. The van der Waals surface area contributed by atoms with Crippen molar-refractivity contribution in [2.75, 3.05) is 13.2 Å². The molecule has 0 unspecified atom stereocenters. The van der Waals surface area contributed by atoms with Gasteiger partial charge in [-0.1, -0.05) is 6.92 Å². The normalized spacial score (nSPS) is 14.7. The van der Waals surface area contributed by atoms with Crippen molar-refractivity contribution in [3.05, 3.63) is 23.3 Å². The molecule has 0 saturated carbocycles. The fourth-order valence-corrected chi connectivity index (χ4v) is 3.57. The number of aromatic nitrogens is 3. The molecule has 1 aliphatic heterocycles. The second-order valence-corrected chi connectivity index (χ2v) is 6.75. The van der Waals surface area contributed by atoms with Crippen LogP contribution in [0.1, 0.15) is 19.1 Å². The van der Waals surface area contributed by atoms with Crippen LogP contribution in [0.4, 0.5) is 0 Å². The molecule has 0 aromatic carbocycles. The van der Waals surface area contributed by atoms with Crippen molar-refractivity contribution in [2.24, 2.45) is 0 Å². The van der Waals surface area contributed by atoms with E-state index in [1.165, 1.54) is 11.3 Å². The zero-order valence-corrected chi connectivity index (χ0v) is 14.9. The zero-order chi connectivity index (χ0) is 17.4. The van der Waals surface area contributed by atoms with Crippen molar-refractivity contribution < 1.29 is 19.0 Å². The largest absolute Gasteiger partial charge is 0.485 e. The SMILES string of the molecule is CC[C@@H](O)Cn1nc(-c2ccc(C)o2)nc1-c1scc2c1OCCO2. The van der Waals surface area contributed by atoms with Crippen molar-refractivity contribution in [3.8, 4) is 33.8 Å². The van der Waals surface area contributed by atoms with E-state index in [-0.39, 0.29) is 0 Å². The van der Waals surface area contributed by atoms with Crippen LogP contribution >= 0.6 is 11.3 Å². The minimum Gasteiger partial charge on any atom is -0.485 e. The number of aliphatic hydroxyl groups is 1. The molecule has 0 amide bonds. The van der Waals surface area contributed by atoms with Gasteiger partial charge in [-0.3, -0.25) is 0 Å². The van der Waals surface area contributed by atoms with E-state index in [1.54, 1.807) is 4.68 Å². The standard InChI is InChI=1S/C17H19N3O4S/c1-3-11(21)8-20-17(15-14-13(9-25-15)22-6-7-23-14)18-16(19-20)12-5-4-10(2)24-12/h4-5,9,11,21H,3,6-8H2,1-2H3/t11-/m1/s1. The number of thiophene rings is 1. The monoisotopic (exact) mass is 361 g/mol. The Morgan fingerprint density at radius 1 is 1.32 bits per heavy atom. The summed E-state index contributed by atoms with van der Waals surface area (Å²) in [6, 6.07) is 3.72.